The van der Waals surface area contributed by atoms with Crippen molar-refractivity contribution in [1.82, 2.24) is 15.1 Å². The molecule has 0 radical (unpaired) electrons. The molecule has 2 saturated heterocycles. The maximum atomic E-state index is 13.1. The Balaban J connectivity index is 1.48. The van der Waals surface area contributed by atoms with Crippen molar-refractivity contribution in [3.05, 3.63) is 71.3 Å². The molecule has 0 aromatic heterocycles. The second kappa shape index (κ2) is 8.15. The smallest absolute Gasteiger partial charge is 0.325 e. The second-order valence-corrected chi connectivity index (χ2v) is 8.46. The lowest BCUT2D eigenvalue weighted by Crippen LogP contribution is -2.50. The highest BCUT2D eigenvalue weighted by atomic mass is 16.5. The van der Waals surface area contributed by atoms with Crippen LogP contribution in [0.4, 0.5) is 4.79 Å². The minimum Gasteiger partial charge on any atom is -0.367 e. The zero-order valence-corrected chi connectivity index (χ0v) is 18.0. The van der Waals surface area contributed by atoms with Crippen LogP contribution in [-0.2, 0) is 19.9 Å². The average Bonchev–Trinajstić information content (AvgIpc) is 2.98. The highest BCUT2D eigenvalue weighted by molar-refractivity contribution is 6.09. The summed E-state index contributed by atoms with van der Waals surface area (Å²) in [5.74, 6) is -0.691. The molecule has 0 spiro atoms. The SMILES string of the molecule is Cc1ccc(C2(C)NC(=O)N(CC(=O)N3CC(C)OC(c4ccccc4)C3)C2=O)cc1. The van der Waals surface area contributed by atoms with E-state index in [-0.39, 0.29) is 24.7 Å². The van der Waals surface area contributed by atoms with Gasteiger partial charge in [-0.1, -0.05) is 60.2 Å². The Bertz CT molecular complexity index is 992. The Kier molecular flexibility index (Phi) is 5.54. The van der Waals surface area contributed by atoms with Gasteiger partial charge in [-0.25, -0.2) is 4.79 Å². The molecule has 7 heteroatoms. The number of aryl methyl sites for hydroxylation is 1. The third-order valence-corrected chi connectivity index (χ3v) is 5.98. The zero-order valence-electron chi connectivity index (χ0n) is 18.0. The molecule has 2 heterocycles. The van der Waals surface area contributed by atoms with Crippen LogP contribution in [0.25, 0.3) is 0 Å². The monoisotopic (exact) mass is 421 g/mol. The molecule has 4 rings (SSSR count). The summed E-state index contributed by atoms with van der Waals surface area (Å²) in [6, 6.07) is 16.6. The molecule has 0 aliphatic carbocycles. The Morgan fingerprint density at radius 2 is 1.77 bits per heavy atom. The number of imide groups is 1. The third kappa shape index (κ3) is 4.05. The molecule has 31 heavy (non-hydrogen) atoms. The molecular formula is C24H27N3O4. The fourth-order valence-corrected chi connectivity index (χ4v) is 4.17. The van der Waals surface area contributed by atoms with Crippen molar-refractivity contribution in [2.24, 2.45) is 0 Å². The van der Waals surface area contributed by atoms with Crippen molar-refractivity contribution in [2.45, 2.75) is 38.5 Å². The Morgan fingerprint density at radius 1 is 1.10 bits per heavy atom. The van der Waals surface area contributed by atoms with E-state index in [0.717, 1.165) is 16.0 Å². The van der Waals surface area contributed by atoms with E-state index in [1.807, 2.05) is 68.4 Å². The van der Waals surface area contributed by atoms with Crippen LogP contribution in [0.1, 0.15) is 36.6 Å². The van der Waals surface area contributed by atoms with E-state index in [1.54, 1.807) is 11.8 Å². The van der Waals surface area contributed by atoms with Crippen molar-refractivity contribution < 1.29 is 19.1 Å². The van der Waals surface area contributed by atoms with E-state index in [4.69, 9.17) is 4.74 Å². The summed E-state index contributed by atoms with van der Waals surface area (Å²) in [5.41, 5.74) is 1.56. The van der Waals surface area contributed by atoms with Crippen molar-refractivity contribution in [3.63, 3.8) is 0 Å². The van der Waals surface area contributed by atoms with Gasteiger partial charge in [-0.3, -0.25) is 14.5 Å². The number of urea groups is 1. The highest BCUT2D eigenvalue weighted by Gasteiger charge is 2.49. The molecular weight excluding hydrogens is 394 g/mol. The van der Waals surface area contributed by atoms with Crippen LogP contribution in [-0.4, -0.2) is 53.4 Å². The lowest BCUT2D eigenvalue weighted by Gasteiger charge is -2.37. The van der Waals surface area contributed by atoms with E-state index >= 15 is 0 Å². The van der Waals surface area contributed by atoms with Crippen LogP contribution < -0.4 is 5.32 Å². The first-order valence-corrected chi connectivity index (χ1v) is 10.5. The van der Waals surface area contributed by atoms with Gasteiger partial charge in [0.15, 0.2) is 0 Å². The van der Waals surface area contributed by atoms with Gasteiger partial charge in [0.2, 0.25) is 5.91 Å². The van der Waals surface area contributed by atoms with E-state index in [2.05, 4.69) is 5.32 Å². The van der Waals surface area contributed by atoms with Crippen molar-refractivity contribution in [3.8, 4) is 0 Å². The van der Waals surface area contributed by atoms with Crippen LogP contribution in [0.5, 0.6) is 0 Å². The van der Waals surface area contributed by atoms with Gasteiger partial charge in [0.1, 0.15) is 18.2 Å². The van der Waals surface area contributed by atoms with E-state index in [9.17, 15) is 14.4 Å². The second-order valence-electron chi connectivity index (χ2n) is 8.46. The first kappa shape index (κ1) is 21.1. The molecule has 2 aromatic rings. The van der Waals surface area contributed by atoms with Crippen molar-refractivity contribution in [2.75, 3.05) is 19.6 Å². The number of benzene rings is 2. The number of hydrogen-bond donors (Lipinski definition) is 1. The van der Waals surface area contributed by atoms with Gasteiger partial charge in [0.05, 0.1) is 12.6 Å². The Hall–Kier alpha value is -3.19. The summed E-state index contributed by atoms with van der Waals surface area (Å²) >= 11 is 0. The molecule has 0 bridgehead atoms. The minimum atomic E-state index is -1.18. The predicted molar refractivity (Wildman–Crippen MR) is 115 cm³/mol. The average molecular weight is 421 g/mol. The molecule has 7 nitrogen and oxygen atoms in total. The van der Waals surface area contributed by atoms with Crippen LogP contribution in [0.15, 0.2) is 54.6 Å². The quantitative estimate of drug-likeness (QED) is 0.770. The minimum absolute atomic E-state index is 0.149. The topological polar surface area (TPSA) is 79.0 Å². The number of nitrogens with zero attached hydrogens (tertiary/aromatic N) is 2. The number of carbonyl (C=O) groups excluding carboxylic acids is 3. The summed E-state index contributed by atoms with van der Waals surface area (Å²) in [7, 11) is 0. The molecule has 0 saturated carbocycles. The van der Waals surface area contributed by atoms with Crippen molar-refractivity contribution in [1.29, 1.82) is 0 Å². The molecule has 162 valence electrons. The van der Waals surface area contributed by atoms with Gasteiger partial charge in [-0.05, 0) is 31.9 Å². The number of amides is 4. The third-order valence-electron chi connectivity index (χ3n) is 5.98. The van der Waals surface area contributed by atoms with E-state index in [0.29, 0.717) is 18.7 Å². The first-order valence-electron chi connectivity index (χ1n) is 10.5. The Labute approximate surface area is 182 Å². The van der Waals surface area contributed by atoms with Gasteiger partial charge in [-0.15, -0.1) is 0 Å². The lowest BCUT2D eigenvalue weighted by atomic mass is 9.91. The van der Waals surface area contributed by atoms with Crippen LogP contribution in [0.2, 0.25) is 0 Å². The number of ether oxygens (including phenoxy) is 1. The highest BCUT2D eigenvalue weighted by Crippen LogP contribution is 2.30. The van der Waals surface area contributed by atoms with E-state index < -0.39 is 17.5 Å². The first-order chi connectivity index (χ1) is 14.8. The molecule has 3 atom stereocenters. The molecule has 3 unspecified atom stereocenters. The van der Waals surface area contributed by atoms with Gasteiger partial charge in [0.25, 0.3) is 5.91 Å². The maximum absolute atomic E-state index is 13.1. The normalized spacial score (nSPS) is 26.2. The molecule has 2 fully saturated rings. The fourth-order valence-electron chi connectivity index (χ4n) is 4.17. The maximum Gasteiger partial charge on any atom is 0.325 e. The predicted octanol–water partition coefficient (Wildman–Crippen LogP) is 2.75. The number of hydrogen-bond acceptors (Lipinski definition) is 4. The van der Waals surface area contributed by atoms with Gasteiger partial charge >= 0.3 is 6.03 Å². The standard InChI is InChI=1S/C24H27N3O4/c1-16-9-11-19(12-10-16)24(3)22(29)27(23(30)25-24)15-21(28)26-13-17(2)31-20(14-26)18-7-5-4-6-8-18/h4-12,17,20H,13-15H2,1-3H3,(H,25,30). The fraction of sp³-hybridized carbons (Fsp3) is 0.375. The zero-order chi connectivity index (χ0) is 22.2. The van der Waals surface area contributed by atoms with Crippen molar-refractivity contribution >= 4 is 17.8 Å². The van der Waals surface area contributed by atoms with Crippen LogP contribution >= 0.6 is 0 Å². The van der Waals surface area contributed by atoms with Gasteiger partial charge < -0.3 is 15.0 Å². The number of morpholine rings is 1. The number of nitrogens with one attached hydrogen (secondary N) is 1. The van der Waals surface area contributed by atoms with E-state index in [1.165, 1.54) is 0 Å². The molecule has 2 aliphatic heterocycles. The van der Waals surface area contributed by atoms with Crippen LogP contribution in [0, 0.1) is 6.92 Å². The molecule has 2 aliphatic rings. The Morgan fingerprint density at radius 3 is 2.45 bits per heavy atom. The molecule has 2 aromatic carbocycles. The number of rotatable bonds is 4. The largest absolute Gasteiger partial charge is 0.367 e. The summed E-state index contributed by atoms with van der Waals surface area (Å²) in [6.45, 7) is 6.05. The van der Waals surface area contributed by atoms with Gasteiger partial charge in [0, 0.05) is 6.54 Å². The molecule has 1 N–H and O–H groups in total. The number of carbonyl (C=O) groups is 3. The molecule has 4 amide bonds. The summed E-state index contributed by atoms with van der Waals surface area (Å²) in [5, 5.41) is 2.76. The lowest BCUT2D eigenvalue weighted by molar-refractivity contribution is -0.148. The summed E-state index contributed by atoms with van der Waals surface area (Å²) in [6.07, 6.45) is -0.390. The van der Waals surface area contributed by atoms with Crippen LogP contribution in [0.3, 0.4) is 0 Å². The van der Waals surface area contributed by atoms with Gasteiger partial charge in [-0.2, -0.15) is 0 Å². The summed E-state index contributed by atoms with van der Waals surface area (Å²) < 4.78 is 6.01. The summed E-state index contributed by atoms with van der Waals surface area (Å²) in [4.78, 5) is 41.5.